The van der Waals surface area contributed by atoms with Crippen LogP contribution in [0.25, 0.3) is 10.9 Å². The third kappa shape index (κ3) is 4.58. The van der Waals surface area contributed by atoms with Gasteiger partial charge in [0.25, 0.3) is 5.56 Å². The van der Waals surface area contributed by atoms with Gasteiger partial charge in [0.15, 0.2) is 0 Å². The summed E-state index contributed by atoms with van der Waals surface area (Å²) < 4.78 is 1.86. The first-order chi connectivity index (χ1) is 16.8. The Labute approximate surface area is 212 Å². The van der Waals surface area contributed by atoms with E-state index in [-0.39, 0.29) is 24.0 Å². The van der Waals surface area contributed by atoms with Crippen LogP contribution in [0.2, 0.25) is 0 Å². The summed E-state index contributed by atoms with van der Waals surface area (Å²) in [5.41, 5.74) is 6.41. The summed E-state index contributed by atoms with van der Waals surface area (Å²) in [5, 5.41) is 0.714. The standard InChI is InChI=1S/C29H30N4O.ClH/c34-29-25-9-3-4-10-26(25)30-21-33(29)24-15-17-31(18-16-24)19-20-32-27-11-5-1-7-22(27)13-14-23-8-2-6-12-28(23)32;/h1-12,21,24H,13-20H2;1H. The summed E-state index contributed by atoms with van der Waals surface area (Å²) in [6.45, 7) is 3.98. The molecule has 6 rings (SSSR count). The lowest BCUT2D eigenvalue weighted by atomic mass is 10.0. The van der Waals surface area contributed by atoms with Crippen molar-refractivity contribution in [1.82, 2.24) is 14.5 Å². The van der Waals surface area contributed by atoms with Crippen molar-refractivity contribution in [2.75, 3.05) is 31.1 Å². The normalized spacial score (nSPS) is 16.3. The molecule has 3 heterocycles. The van der Waals surface area contributed by atoms with Gasteiger partial charge >= 0.3 is 0 Å². The van der Waals surface area contributed by atoms with Crippen LogP contribution in [0.5, 0.6) is 0 Å². The topological polar surface area (TPSA) is 41.4 Å². The Morgan fingerprint density at radius 3 is 2.06 bits per heavy atom. The van der Waals surface area contributed by atoms with Gasteiger partial charge in [-0.3, -0.25) is 9.36 Å². The van der Waals surface area contributed by atoms with Crippen LogP contribution in [0, 0.1) is 0 Å². The summed E-state index contributed by atoms with van der Waals surface area (Å²) in [6.07, 6.45) is 5.88. The monoisotopic (exact) mass is 486 g/mol. The summed E-state index contributed by atoms with van der Waals surface area (Å²) in [7, 11) is 0. The van der Waals surface area contributed by atoms with Crippen LogP contribution >= 0.6 is 12.4 Å². The van der Waals surface area contributed by atoms with Crippen LogP contribution in [0.3, 0.4) is 0 Å². The van der Waals surface area contributed by atoms with E-state index in [4.69, 9.17) is 0 Å². The van der Waals surface area contributed by atoms with Crippen LogP contribution in [0.15, 0.2) is 83.9 Å². The fourth-order valence-electron chi connectivity index (χ4n) is 5.62. The van der Waals surface area contributed by atoms with E-state index in [9.17, 15) is 4.79 Å². The lowest BCUT2D eigenvalue weighted by Crippen LogP contribution is -2.41. The third-order valence-corrected chi connectivity index (χ3v) is 7.51. The van der Waals surface area contributed by atoms with Gasteiger partial charge in [-0.1, -0.05) is 48.5 Å². The maximum atomic E-state index is 13.0. The van der Waals surface area contributed by atoms with E-state index in [0.29, 0.717) is 5.39 Å². The van der Waals surface area contributed by atoms with E-state index in [0.717, 1.165) is 57.4 Å². The van der Waals surface area contributed by atoms with E-state index in [1.54, 1.807) is 6.33 Å². The maximum absolute atomic E-state index is 13.0. The van der Waals surface area contributed by atoms with Gasteiger partial charge in [-0.2, -0.15) is 0 Å². The van der Waals surface area contributed by atoms with Gasteiger partial charge in [-0.05, 0) is 61.1 Å². The van der Waals surface area contributed by atoms with E-state index in [2.05, 4.69) is 63.3 Å². The molecule has 4 aromatic rings. The highest BCUT2D eigenvalue weighted by Gasteiger charge is 2.24. The molecule has 0 saturated carbocycles. The van der Waals surface area contributed by atoms with Crippen LogP contribution in [0.4, 0.5) is 11.4 Å². The number of rotatable bonds is 4. The average Bonchev–Trinajstić information content (AvgIpc) is 3.05. The second-order valence-corrected chi connectivity index (χ2v) is 9.46. The second-order valence-electron chi connectivity index (χ2n) is 9.46. The van der Waals surface area contributed by atoms with Gasteiger partial charge in [0.05, 0.1) is 17.2 Å². The summed E-state index contributed by atoms with van der Waals surface area (Å²) in [4.78, 5) is 22.6. The summed E-state index contributed by atoms with van der Waals surface area (Å²) in [5.74, 6) is 0. The number of aryl methyl sites for hydroxylation is 2. The van der Waals surface area contributed by atoms with Gasteiger partial charge in [0, 0.05) is 43.6 Å². The zero-order valence-electron chi connectivity index (χ0n) is 19.8. The number of para-hydroxylation sites is 3. The minimum Gasteiger partial charge on any atom is -0.340 e. The SMILES string of the molecule is Cl.O=c1c2ccccc2ncn1C1CCN(CCN2c3ccccc3CCc3ccccc32)CC1. The minimum absolute atomic E-state index is 0. The predicted octanol–water partition coefficient (Wildman–Crippen LogP) is 5.39. The molecule has 1 aromatic heterocycles. The molecule has 6 heteroatoms. The van der Waals surface area contributed by atoms with E-state index >= 15 is 0 Å². The number of benzene rings is 3. The number of hydrogen-bond donors (Lipinski definition) is 0. The quantitative estimate of drug-likeness (QED) is 0.387. The number of hydrogen-bond acceptors (Lipinski definition) is 4. The van der Waals surface area contributed by atoms with Crippen molar-refractivity contribution in [1.29, 1.82) is 0 Å². The molecule has 0 atom stereocenters. The first kappa shape index (κ1) is 23.6. The van der Waals surface area contributed by atoms with Crippen molar-refractivity contribution in [3.63, 3.8) is 0 Å². The van der Waals surface area contributed by atoms with Crippen LogP contribution < -0.4 is 10.5 Å². The third-order valence-electron chi connectivity index (χ3n) is 7.51. The average molecular weight is 487 g/mol. The molecular formula is C29H31ClN4O. The molecule has 0 radical (unpaired) electrons. The maximum Gasteiger partial charge on any atom is 0.261 e. The van der Waals surface area contributed by atoms with Gasteiger partial charge in [-0.25, -0.2) is 4.98 Å². The number of aromatic nitrogens is 2. The number of anilines is 2. The van der Waals surface area contributed by atoms with Crippen molar-refractivity contribution >= 4 is 34.7 Å². The minimum atomic E-state index is 0. The smallest absolute Gasteiger partial charge is 0.261 e. The molecule has 1 fully saturated rings. The van der Waals surface area contributed by atoms with Crippen molar-refractivity contribution in [2.24, 2.45) is 0 Å². The first-order valence-corrected chi connectivity index (χ1v) is 12.4. The zero-order valence-corrected chi connectivity index (χ0v) is 20.7. The van der Waals surface area contributed by atoms with Crippen LogP contribution in [-0.2, 0) is 12.8 Å². The number of nitrogens with zero attached hydrogens (tertiary/aromatic N) is 4. The van der Waals surface area contributed by atoms with Gasteiger partial charge in [0.1, 0.15) is 0 Å². The van der Waals surface area contributed by atoms with E-state index < -0.39 is 0 Å². The van der Waals surface area contributed by atoms with Crippen molar-refractivity contribution in [2.45, 2.75) is 31.7 Å². The van der Waals surface area contributed by atoms with Crippen molar-refractivity contribution in [3.8, 4) is 0 Å². The molecule has 0 bridgehead atoms. The van der Waals surface area contributed by atoms with Crippen LogP contribution in [0.1, 0.15) is 30.0 Å². The molecule has 3 aromatic carbocycles. The Morgan fingerprint density at radius 2 is 1.37 bits per heavy atom. The van der Waals surface area contributed by atoms with Gasteiger partial charge < -0.3 is 9.80 Å². The van der Waals surface area contributed by atoms with Crippen molar-refractivity contribution in [3.05, 3.63) is 101 Å². The first-order valence-electron chi connectivity index (χ1n) is 12.4. The molecule has 35 heavy (non-hydrogen) atoms. The largest absolute Gasteiger partial charge is 0.340 e. The highest BCUT2D eigenvalue weighted by atomic mass is 35.5. The molecular weight excluding hydrogens is 456 g/mol. The Balaban J connectivity index is 0.00000253. The Kier molecular flexibility index (Phi) is 6.89. The predicted molar refractivity (Wildman–Crippen MR) is 145 cm³/mol. The second kappa shape index (κ2) is 10.2. The number of halogens is 1. The zero-order chi connectivity index (χ0) is 22.9. The lowest BCUT2D eigenvalue weighted by Gasteiger charge is -2.35. The fourth-order valence-corrected chi connectivity index (χ4v) is 5.62. The van der Waals surface area contributed by atoms with Crippen LogP contribution in [-0.4, -0.2) is 40.6 Å². The molecule has 0 unspecified atom stereocenters. The fraction of sp³-hybridized carbons (Fsp3) is 0.310. The van der Waals surface area contributed by atoms with Crippen molar-refractivity contribution < 1.29 is 0 Å². The number of fused-ring (bicyclic) bond motifs is 3. The summed E-state index contributed by atoms with van der Waals surface area (Å²) in [6, 6.07) is 25.5. The molecule has 1 saturated heterocycles. The highest BCUT2D eigenvalue weighted by Crippen LogP contribution is 2.35. The molecule has 0 amide bonds. The van der Waals surface area contributed by atoms with E-state index in [1.807, 2.05) is 28.8 Å². The molecule has 0 spiro atoms. The van der Waals surface area contributed by atoms with E-state index in [1.165, 1.54) is 22.5 Å². The summed E-state index contributed by atoms with van der Waals surface area (Å²) >= 11 is 0. The molecule has 5 nitrogen and oxygen atoms in total. The molecule has 0 aliphatic carbocycles. The molecule has 2 aliphatic rings. The number of likely N-dealkylation sites (tertiary alicyclic amines) is 1. The Hall–Kier alpha value is -3.15. The molecule has 180 valence electrons. The number of piperidine rings is 1. The molecule has 0 N–H and O–H groups in total. The van der Waals surface area contributed by atoms with Gasteiger partial charge in [0.2, 0.25) is 0 Å². The molecule has 2 aliphatic heterocycles. The lowest BCUT2D eigenvalue weighted by molar-refractivity contribution is 0.188. The van der Waals surface area contributed by atoms with Gasteiger partial charge in [-0.15, -0.1) is 12.4 Å². The Bertz CT molecular complexity index is 1330. The Morgan fingerprint density at radius 1 is 0.771 bits per heavy atom. The highest BCUT2D eigenvalue weighted by molar-refractivity contribution is 5.85.